The highest BCUT2D eigenvalue weighted by atomic mass is 16.3. The molecule has 3 heteroatoms. The van der Waals surface area contributed by atoms with Crippen molar-refractivity contribution in [2.75, 3.05) is 0 Å². The van der Waals surface area contributed by atoms with Gasteiger partial charge in [0.25, 0.3) is 0 Å². The molecule has 1 amide bonds. The normalized spacial score (nSPS) is 17.7. The Bertz CT molecular complexity index is 453. The molecule has 0 aromatic heterocycles. The molecular weight excluding hydrogens is 238 g/mol. The first-order chi connectivity index (χ1) is 9.16. The first-order valence-corrected chi connectivity index (χ1v) is 6.89. The monoisotopic (exact) mass is 259 g/mol. The van der Waals surface area contributed by atoms with Crippen LogP contribution >= 0.6 is 0 Å². The number of benzene rings is 1. The van der Waals surface area contributed by atoms with Crippen molar-refractivity contribution in [3.8, 4) is 0 Å². The van der Waals surface area contributed by atoms with Gasteiger partial charge < -0.3 is 10.4 Å². The van der Waals surface area contributed by atoms with Gasteiger partial charge in [-0.1, -0.05) is 36.4 Å². The maximum atomic E-state index is 11.9. The minimum Gasteiger partial charge on any atom is -0.388 e. The first kappa shape index (κ1) is 13.8. The Morgan fingerprint density at radius 2 is 2.11 bits per heavy atom. The van der Waals surface area contributed by atoms with Crippen LogP contribution in [0.5, 0.6) is 0 Å². The summed E-state index contributed by atoms with van der Waals surface area (Å²) in [5, 5.41) is 13.1. The lowest BCUT2D eigenvalue weighted by Gasteiger charge is -2.18. The fourth-order valence-corrected chi connectivity index (χ4v) is 2.40. The van der Waals surface area contributed by atoms with Crippen molar-refractivity contribution < 1.29 is 9.90 Å². The third-order valence-corrected chi connectivity index (χ3v) is 3.47. The van der Waals surface area contributed by atoms with Gasteiger partial charge in [-0.25, -0.2) is 0 Å². The highest BCUT2D eigenvalue weighted by Crippen LogP contribution is 2.20. The van der Waals surface area contributed by atoms with Gasteiger partial charge in [-0.3, -0.25) is 4.79 Å². The molecule has 1 aliphatic carbocycles. The molecule has 2 rings (SSSR count). The number of carbonyl (C=O) groups is 1. The van der Waals surface area contributed by atoms with Crippen LogP contribution in [0.3, 0.4) is 0 Å². The molecular formula is C16H21NO2. The number of aliphatic hydroxyl groups excluding tert-OH is 1. The number of rotatable bonds is 5. The van der Waals surface area contributed by atoms with Crippen molar-refractivity contribution in [3.63, 3.8) is 0 Å². The van der Waals surface area contributed by atoms with Gasteiger partial charge in [0.05, 0.1) is 6.10 Å². The van der Waals surface area contributed by atoms with E-state index in [-0.39, 0.29) is 11.9 Å². The summed E-state index contributed by atoms with van der Waals surface area (Å²) in [5.74, 6) is 0.0188. The summed E-state index contributed by atoms with van der Waals surface area (Å²) in [6, 6.07) is 9.51. The second-order valence-electron chi connectivity index (χ2n) is 5.16. The van der Waals surface area contributed by atoms with Crippen LogP contribution in [-0.4, -0.2) is 17.1 Å². The summed E-state index contributed by atoms with van der Waals surface area (Å²) >= 11 is 0. The van der Waals surface area contributed by atoms with Crippen LogP contribution in [0.4, 0.5) is 0 Å². The van der Waals surface area contributed by atoms with Gasteiger partial charge in [-0.2, -0.15) is 0 Å². The summed E-state index contributed by atoms with van der Waals surface area (Å²) in [7, 11) is 0. The molecule has 0 fully saturated rings. The van der Waals surface area contributed by atoms with E-state index in [2.05, 4.69) is 5.32 Å². The number of allylic oxidation sites excluding steroid dienone is 1. The number of carbonyl (C=O) groups excluding carboxylic acids is 1. The quantitative estimate of drug-likeness (QED) is 0.854. The van der Waals surface area contributed by atoms with Gasteiger partial charge in [-0.15, -0.1) is 0 Å². The Labute approximate surface area is 114 Å². The topological polar surface area (TPSA) is 49.3 Å². The van der Waals surface area contributed by atoms with E-state index in [1.807, 2.05) is 43.3 Å². The molecule has 19 heavy (non-hydrogen) atoms. The average Bonchev–Trinajstić information content (AvgIpc) is 2.93. The van der Waals surface area contributed by atoms with Gasteiger partial charge >= 0.3 is 0 Å². The molecule has 2 N–H and O–H groups in total. The van der Waals surface area contributed by atoms with Crippen molar-refractivity contribution in [3.05, 3.63) is 47.5 Å². The molecule has 3 nitrogen and oxygen atoms in total. The third kappa shape index (κ3) is 3.93. The molecule has 2 atom stereocenters. The van der Waals surface area contributed by atoms with Gasteiger partial charge in [0.1, 0.15) is 0 Å². The van der Waals surface area contributed by atoms with Crippen LogP contribution < -0.4 is 5.32 Å². The number of amides is 1. The van der Waals surface area contributed by atoms with E-state index in [4.69, 9.17) is 0 Å². The molecule has 0 aliphatic heterocycles. The smallest absolute Gasteiger partial charge is 0.247 e. The molecule has 0 saturated heterocycles. The number of aliphatic hydroxyl groups is 1. The minimum atomic E-state index is -0.533. The molecule has 0 heterocycles. The zero-order valence-corrected chi connectivity index (χ0v) is 11.3. The van der Waals surface area contributed by atoms with Gasteiger partial charge in [-0.05, 0) is 38.2 Å². The fraction of sp³-hybridized carbons (Fsp3) is 0.438. The molecule has 2 unspecified atom stereocenters. The van der Waals surface area contributed by atoms with Gasteiger partial charge in [0.2, 0.25) is 5.91 Å². The summed E-state index contributed by atoms with van der Waals surface area (Å²) in [6.07, 6.45) is 4.96. The van der Waals surface area contributed by atoms with Crippen molar-refractivity contribution in [2.24, 2.45) is 0 Å². The highest BCUT2D eigenvalue weighted by molar-refractivity contribution is 5.93. The van der Waals surface area contributed by atoms with Gasteiger partial charge in [0, 0.05) is 11.6 Å². The van der Waals surface area contributed by atoms with E-state index >= 15 is 0 Å². The van der Waals surface area contributed by atoms with Crippen LogP contribution in [0.1, 0.15) is 44.3 Å². The van der Waals surface area contributed by atoms with Crippen molar-refractivity contribution in [1.82, 2.24) is 5.32 Å². The van der Waals surface area contributed by atoms with Crippen LogP contribution in [0.15, 0.2) is 42.0 Å². The minimum absolute atomic E-state index is 0.0188. The summed E-state index contributed by atoms with van der Waals surface area (Å²) in [4.78, 5) is 11.9. The number of hydrogen-bond acceptors (Lipinski definition) is 2. The van der Waals surface area contributed by atoms with Crippen molar-refractivity contribution in [2.45, 2.75) is 44.8 Å². The molecule has 1 aromatic rings. The second-order valence-corrected chi connectivity index (χ2v) is 5.16. The predicted octanol–water partition coefficient (Wildman–Crippen LogP) is 2.73. The predicted molar refractivity (Wildman–Crippen MR) is 75.6 cm³/mol. The lowest BCUT2D eigenvalue weighted by atomic mass is 10.0. The Balaban J connectivity index is 1.84. The third-order valence-electron chi connectivity index (χ3n) is 3.47. The van der Waals surface area contributed by atoms with Crippen LogP contribution in [0.25, 0.3) is 0 Å². The summed E-state index contributed by atoms with van der Waals surface area (Å²) in [5.41, 5.74) is 1.78. The van der Waals surface area contributed by atoms with Crippen LogP contribution in [0.2, 0.25) is 0 Å². The van der Waals surface area contributed by atoms with E-state index < -0.39 is 6.10 Å². The molecule has 102 valence electrons. The molecule has 1 aromatic carbocycles. The maximum Gasteiger partial charge on any atom is 0.247 e. The van der Waals surface area contributed by atoms with Crippen LogP contribution in [-0.2, 0) is 4.79 Å². The Morgan fingerprint density at radius 3 is 2.74 bits per heavy atom. The first-order valence-electron chi connectivity index (χ1n) is 6.89. The van der Waals surface area contributed by atoms with E-state index in [1.54, 1.807) is 0 Å². The van der Waals surface area contributed by atoms with E-state index in [0.717, 1.165) is 30.4 Å². The highest BCUT2D eigenvalue weighted by Gasteiger charge is 2.17. The zero-order chi connectivity index (χ0) is 13.7. The number of nitrogens with one attached hydrogen (secondary N) is 1. The fourth-order valence-electron chi connectivity index (χ4n) is 2.40. The molecule has 0 radical (unpaired) electrons. The summed E-state index contributed by atoms with van der Waals surface area (Å²) in [6.45, 7) is 1.93. The van der Waals surface area contributed by atoms with E-state index in [0.29, 0.717) is 6.42 Å². The molecule has 0 bridgehead atoms. The standard InChI is InChI=1S/C16H21NO2/c1-12(17-16(19)14-9-5-6-10-14)11-15(18)13-7-3-2-4-8-13/h2-4,7-9,12,15,18H,5-6,10-11H2,1H3,(H,17,19). The van der Waals surface area contributed by atoms with Crippen molar-refractivity contribution in [1.29, 1.82) is 0 Å². The van der Waals surface area contributed by atoms with Crippen molar-refractivity contribution >= 4 is 5.91 Å². The Kier molecular flexibility index (Phi) is 4.74. The lowest BCUT2D eigenvalue weighted by Crippen LogP contribution is -2.34. The molecule has 1 aliphatic rings. The second kappa shape index (κ2) is 6.53. The SMILES string of the molecule is CC(CC(O)c1ccccc1)NC(=O)C1=CCCC1. The maximum absolute atomic E-state index is 11.9. The summed E-state index contributed by atoms with van der Waals surface area (Å²) < 4.78 is 0. The number of hydrogen-bond donors (Lipinski definition) is 2. The Hall–Kier alpha value is -1.61. The molecule has 0 spiro atoms. The molecule has 0 saturated carbocycles. The average molecular weight is 259 g/mol. The lowest BCUT2D eigenvalue weighted by molar-refractivity contribution is -0.118. The largest absolute Gasteiger partial charge is 0.388 e. The zero-order valence-electron chi connectivity index (χ0n) is 11.3. The van der Waals surface area contributed by atoms with Crippen LogP contribution in [0, 0.1) is 0 Å². The van der Waals surface area contributed by atoms with E-state index in [9.17, 15) is 9.90 Å². The van der Waals surface area contributed by atoms with E-state index in [1.165, 1.54) is 0 Å². The Morgan fingerprint density at radius 1 is 1.37 bits per heavy atom. The van der Waals surface area contributed by atoms with Gasteiger partial charge in [0.15, 0.2) is 0 Å².